The summed E-state index contributed by atoms with van der Waals surface area (Å²) in [6.07, 6.45) is 1.94. The predicted molar refractivity (Wildman–Crippen MR) is 253 cm³/mol. The molecule has 0 saturated carbocycles. The molecule has 5 heterocycles. The summed E-state index contributed by atoms with van der Waals surface area (Å²) in [5, 5.41) is 7.89. The maximum Gasteiger partial charge on any atom is 0.275 e. The van der Waals surface area contributed by atoms with Crippen molar-refractivity contribution in [2.45, 2.75) is 63.1 Å². The SMILES string of the molecule is CCOc1cc([C@@H](CS(C)(=O)=O)N2C(=O)c3ccc(N4CCN([C@H]5CCN(Cc6ccc(Oc7ccc8c([C@@]9(C)CCC(=O)NC9=O)nn(C)c8c7)cc6)CC5(F)F)CC4)cc3C2=O)ccc1OC. The lowest BCUT2D eigenvalue weighted by molar-refractivity contribution is -0.137. The first kappa shape index (κ1) is 47.6. The lowest BCUT2D eigenvalue weighted by Gasteiger charge is -2.46. The van der Waals surface area contributed by atoms with Crippen molar-refractivity contribution in [3.63, 3.8) is 0 Å². The van der Waals surface area contributed by atoms with Crippen LogP contribution in [0.4, 0.5) is 14.5 Å². The molecule has 0 bridgehead atoms. The number of alkyl halides is 2. The van der Waals surface area contributed by atoms with Gasteiger partial charge in [0, 0.05) is 76.1 Å². The fourth-order valence-electron chi connectivity index (χ4n) is 10.2. The number of methoxy groups -OCH3 is 1. The Bertz CT molecular complexity index is 2960. The molecule has 5 aromatic rings. The molecular weight excluding hydrogens is 913 g/mol. The summed E-state index contributed by atoms with van der Waals surface area (Å²) in [5.74, 6) is -3.44. The number of anilines is 1. The zero-order chi connectivity index (χ0) is 49.0. The smallest absolute Gasteiger partial charge is 0.275 e. The second-order valence-electron chi connectivity index (χ2n) is 18.6. The standard InChI is InChI=1S/C50H55F2N7O9S/c1-6-67-42-25-32(9-16-41(42)66-4)40(29-69(5,64)65)59-46(61)36-14-10-33(26-38(36)47(59)62)57-21-23-58(24-22-57)43-18-20-56(30-50(43,51)52)28-31-7-11-34(12-8-31)68-35-13-15-37-39(27-35)55(3)54-45(37)49(2)19-17-44(60)53-48(49)63/h7-16,25-27,40,43H,6,17-24,28-30H2,1-5H3,(H,53,60,63)/t40-,43+,49-/m1/s1. The van der Waals surface area contributed by atoms with Crippen LogP contribution >= 0.6 is 0 Å². The van der Waals surface area contributed by atoms with Gasteiger partial charge in [-0.3, -0.25) is 43.9 Å². The van der Waals surface area contributed by atoms with Crippen molar-refractivity contribution in [2.24, 2.45) is 7.05 Å². The minimum atomic E-state index is -3.68. The van der Waals surface area contributed by atoms with E-state index in [-0.39, 0.29) is 42.3 Å². The Morgan fingerprint density at radius 1 is 0.870 bits per heavy atom. The van der Waals surface area contributed by atoms with Crippen molar-refractivity contribution in [1.29, 1.82) is 0 Å². The van der Waals surface area contributed by atoms with Gasteiger partial charge in [0.05, 0.1) is 65.9 Å². The van der Waals surface area contributed by atoms with Crippen molar-refractivity contribution in [3.8, 4) is 23.0 Å². The summed E-state index contributed by atoms with van der Waals surface area (Å²) in [4.78, 5) is 59.2. The molecule has 9 rings (SSSR count). The molecule has 3 fully saturated rings. The number of benzene rings is 4. The van der Waals surface area contributed by atoms with Gasteiger partial charge in [-0.2, -0.15) is 5.10 Å². The van der Waals surface area contributed by atoms with Gasteiger partial charge in [0.1, 0.15) is 21.3 Å². The van der Waals surface area contributed by atoms with Crippen LogP contribution in [-0.2, 0) is 38.4 Å². The van der Waals surface area contributed by atoms with Crippen LogP contribution in [0.5, 0.6) is 23.0 Å². The quantitative estimate of drug-likeness (QED) is 0.131. The van der Waals surface area contributed by atoms with E-state index in [0.717, 1.165) is 27.6 Å². The number of fused-ring (bicyclic) bond motifs is 2. The first-order chi connectivity index (χ1) is 32.8. The van der Waals surface area contributed by atoms with Crippen molar-refractivity contribution >= 4 is 50.1 Å². The van der Waals surface area contributed by atoms with E-state index < -0.39 is 50.8 Å². The van der Waals surface area contributed by atoms with E-state index in [9.17, 15) is 27.6 Å². The lowest BCUT2D eigenvalue weighted by atomic mass is 9.77. The van der Waals surface area contributed by atoms with Crippen molar-refractivity contribution in [2.75, 3.05) is 69.9 Å². The monoisotopic (exact) mass is 967 g/mol. The lowest BCUT2D eigenvalue weighted by Crippen LogP contribution is -2.61. The molecule has 0 radical (unpaired) electrons. The number of nitrogens with zero attached hydrogens (tertiary/aromatic N) is 6. The van der Waals surface area contributed by atoms with Gasteiger partial charge in [-0.1, -0.05) is 18.2 Å². The number of sulfone groups is 1. The topological polar surface area (TPSA) is 173 Å². The van der Waals surface area contributed by atoms with Crippen LogP contribution in [0.1, 0.15) is 76.7 Å². The van der Waals surface area contributed by atoms with Crippen molar-refractivity contribution < 1.29 is 50.6 Å². The van der Waals surface area contributed by atoms with E-state index in [1.165, 1.54) is 7.11 Å². The van der Waals surface area contributed by atoms with Gasteiger partial charge in [0.15, 0.2) is 11.5 Å². The average Bonchev–Trinajstić information content (AvgIpc) is 3.78. The Balaban J connectivity index is 0.799. The summed E-state index contributed by atoms with van der Waals surface area (Å²) >= 11 is 0. The molecule has 0 unspecified atom stereocenters. The number of ether oxygens (including phenoxy) is 3. The van der Waals surface area contributed by atoms with E-state index in [1.54, 1.807) is 72.9 Å². The number of nitrogens with one attached hydrogen (secondary N) is 1. The Hall–Kier alpha value is -6.44. The van der Waals surface area contributed by atoms with Crippen molar-refractivity contribution in [1.82, 2.24) is 29.8 Å². The Labute approximate surface area is 399 Å². The summed E-state index contributed by atoms with van der Waals surface area (Å²) in [6.45, 7) is 5.95. The number of hydrogen-bond donors (Lipinski definition) is 1. The first-order valence-electron chi connectivity index (χ1n) is 23.0. The number of aromatic nitrogens is 2. The number of piperidine rings is 2. The number of piperazine rings is 1. The number of halogens is 2. The van der Waals surface area contributed by atoms with Gasteiger partial charge in [-0.05, 0) is 92.4 Å². The molecule has 3 saturated heterocycles. The highest BCUT2D eigenvalue weighted by Crippen LogP contribution is 2.40. The number of carbonyl (C=O) groups is 4. The van der Waals surface area contributed by atoms with Gasteiger partial charge in [0.25, 0.3) is 17.7 Å². The van der Waals surface area contributed by atoms with Crippen LogP contribution in [0.3, 0.4) is 0 Å². The Morgan fingerprint density at radius 2 is 1.59 bits per heavy atom. The molecule has 3 atom stereocenters. The summed E-state index contributed by atoms with van der Waals surface area (Å²) in [5.41, 5.74) is 2.67. The van der Waals surface area contributed by atoms with Crippen LogP contribution in [0, 0.1) is 0 Å². The van der Waals surface area contributed by atoms with E-state index in [1.807, 2.05) is 46.2 Å². The predicted octanol–water partition coefficient (Wildman–Crippen LogP) is 5.88. The normalized spacial score (nSPS) is 21.6. The third kappa shape index (κ3) is 9.38. The molecule has 0 aliphatic carbocycles. The van der Waals surface area contributed by atoms with E-state index >= 15 is 8.78 Å². The molecule has 1 aromatic heterocycles. The fourth-order valence-corrected chi connectivity index (χ4v) is 11.1. The van der Waals surface area contributed by atoms with Crippen LogP contribution in [0.2, 0.25) is 0 Å². The fraction of sp³-hybridized carbons (Fsp3) is 0.420. The highest BCUT2D eigenvalue weighted by molar-refractivity contribution is 7.90. The molecule has 4 aliphatic rings. The summed E-state index contributed by atoms with van der Waals surface area (Å²) < 4.78 is 76.3. The minimum absolute atomic E-state index is 0.152. The second-order valence-corrected chi connectivity index (χ2v) is 20.8. The summed E-state index contributed by atoms with van der Waals surface area (Å²) in [6, 6.07) is 20.6. The van der Waals surface area contributed by atoms with Gasteiger partial charge in [-0.15, -0.1) is 0 Å². The zero-order valence-corrected chi connectivity index (χ0v) is 40.0. The Kier molecular flexibility index (Phi) is 12.7. The van der Waals surface area contributed by atoms with Crippen LogP contribution < -0.4 is 24.4 Å². The van der Waals surface area contributed by atoms with Gasteiger partial charge >= 0.3 is 0 Å². The maximum absolute atomic E-state index is 16.0. The number of likely N-dealkylation sites (tertiary alicyclic amines) is 1. The van der Waals surface area contributed by atoms with Crippen LogP contribution in [0.25, 0.3) is 10.9 Å². The number of rotatable bonds is 14. The highest BCUT2D eigenvalue weighted by Gasteiger charge is 2.48. The van der Waals surface area contributed by atoms with Gasteiger partial charge in [-0.25, -0.2) is 17.2 Å². The molecule has 19 heteroatoms. The zero-order valence-electron chi connectivity index (χ0n) is 39.2. The molecule has 0 spiro atoms. The molecule has 16 nitrogen and oxygen atoms in total. The third-order valence-corrected chi connectivity index (χ3v) is 14.7. The molecule has 4 aliphatic heterocycles. The number of amides is 4. The number of imide groups is 2. The first-order valence-corrected chi connectivity index (χ1v) is 25.1. The van der Waals surface area contributed by atoms with Crippen molar-refractivity contribution in [3.05, 3.63) is 107 Å². The maximum atomic E-state index is 16.0. The molecular formula is C50H55F2N7O9S. The minimum Gasteiger partial charge on any atom is -0.493 e. The highest BCUT2D eigenvalue weighted by atomic mass is 32.2. The molecule has 4 amide bonds. The second kappa shape index (κ2) is 18.5. The number of carbonyl (C=O) groups excluding carboxylic acids is 4. The van der Waals surface area contributed by atoms with Crippen LogP contribution in [0.15, 0.2) is 78.9 Å². The molecule has 69 heavy (non-hydrogen) atoms. The van der Waals surface area contributed by atoms with E-state index in [4.69, 9.17) is 14.2 Å². The van der Waals surface area contributed by atoms with E-state index in [0.29, 0.717) is 92.2 Å². The Morgan fingerprint density at radius 3 is 2.28 bits per heavy atom. The largest absolute Gasteiger partial charge is 0.493 e. The number of hydrogen-bond acceptors (Lipinski definition) is 13. The van der Waals surface area contributed by atoms with E-state index in [2.05, 4.69) is 10.4 Å². The van der Waals surface area contributed by atoms with Gasteiger partial charge in [0.2, 0.25) is 11.8 Å². The summed E-state index contributed by atoms with van der Waals surface area (Å²) in [7, 11) is -0.407. The van der Waals surface area contributed by atoms with Crippen LogP contribution in [-0.4, -0.2) is 133 Å². The molecule has 1 N–H and O–H groups in total. The van der Waals surface area contributed by atoms with Gasteiger partial charge < -0.3 is 19.1 Å². The third-order valence-electron chi connectivity index (χ3n) is 13.8. The number of aryl methyl sites for hydroxylation is 1. The molecule has 364 valence electrons. The average molecular weight is 968 g/mol. The molecule has 4 aromatic carbocycles.